The molecule has 1 amide bonds. The molecule has 0 saturated carbocycles. The number of anilines is 1. The Bertz CT molecular complexity index is 1360. The summed E-state index contributed by atoms with van der Waals surface area (Å²) >= 11 is 3.61. The highest BCUT2D eigenvalue weighted by atomic mass is 79.9. The van der Waals surface area contributed by atoms with Gasteiger partial charge < -0.3 is 14.2 Å². The molecule has 0 saturated heterocycles. The van der Waals surface area contributed by atoms with Crippen molar-refractivity contribution in [3.63, 3.8) is 0 Å². The van der Waals surface area contributed by atoms with Crippen LogP contribution < -0.4 is 9.64 Å². The van der Waals surface area contributed by atoms with Crippen LogP contribution >= 0.6 is 15.9 Å². The largest absolute Gasteiger partial charge is 0.496 e. The van der Waals surface area contributed by atoms with Crippen molar-refractivity contribution in [1.29, 1.82) is 0 Å². The standard InChI is InChI=1S/C33H38BrNO4/c1-32(2,3)39-31(36)35-29-16-15-24(26-12-8-10-14-30(26)37-6)21-27(29)25(22-33(35,4)5)18-20-38-19-17-23-11-7-9-13-28(23)34/h7-16,21-22H,17-20H2,1-6H3. The number of para-hydroxylation sites is 1. The van der Waals surface area contributed by atoms with Gasteiger partial charge in [0.1, 0.15) is 11.4 Å². The van der Waals surface area contributed by atoms with E-state index < -0.39 is 11.1 Å². The molecule has 0 spiro atoms. The third-order valence-corrected chi connectivity index (χ3v) is 7.44. The first-order chi connectivity index (χ1) is 18.5. The molecule has 1 aliphatic rings. The molecular formula is C33H38BrNO4. The smallest absolute Gasteiger partial charge is 0.415 e. The number of carbonyl (C=O) groups is 1. The number of carbonyl (C=O) groups excluding carboxylic acids is 1. The van der Waals surface area contributed by atoms with E-state index in [2.05, 4.69) is 40.2 Å². The molecule has 3 aromatic rings. The van der Waals surface area contributed by atoms with Gasteiger partial charge in [-0.2, -0.15) is 0 Å². The molecule has 0 atom stereocenters. The molecule has 4 rings (SSSR count). The van der Waals surface area contributed by atoms with Gasteiger partial charge in [0, 0.05) is 15.6 Å². The molecule has 3 aromatic carbocycles. The Morgan fingerprint density at radius 1 is 0.923 bits per heavy atom. The van der Waals surface area contributed by atoms with Gasteiger partial charge in [0.2, 0.25) is 0 Å². The van der Waals surface area contributed by atoms with Gasteiger partial charge >= 0.3 is 6.09 Å². The van der Waals surface area contributed by atoms with Crippen LogP contribution in [0.4, 0.5) is 10.5 Å². The lowest BCUT2D eigenvalue weighted by molar-refractivity contribution is 0.0556. The van der Waals surface area contributed by atoms with E-state index in [1.807, 2.05) is 83.1 Å². The van der Waals surface area contributed by atoms with E-state index in [1.54, 1.807) is 12.0 Å². The van der Waals surface area contributed by atoms with Gasteiger partial charge in [0.15, 0.2) is 0 Å². The molecule has 0 radical (unpaired) electrons. The van der Waals surface area contributed by atoms with Crippen molar-refractivity contribution in [1.82, 2.24) is 0 Å². The van der Waals surface area contributed by atoms with Crippen molar-refractivity contribution in [3.05, 3.63) is 88.4 Å². The summed E-state index contributed by atoms with van der Waals surface area (Å²) in [6.07, 6.45) is 3.37. The lowest BCUT2D eigenvalue weighted by Gasteiger charge is -2.42. The predicted molar refractivity (Wildman–Crippen MR) is 162 cm³/mol. The van der Waals surface area contributed by atoms with Gasteiger partial charge in [-0.25, -0.2) is 4.79 Å². The summed E-state index contributed by atoms with van der Waals surface area (Å²) in [6.45, 7) is 11.0. The minimum atomic E-state index is -0.601. The van der Waals surface area contributed by atoms with Crippen LogP contribution in [0.15, 0.2) is 77.3 Å². The van der Waals surface area contributed by atoms with E-state index in [4.69, 9.17) is 14.2 Å². The number of benzene rings is 3. The van der Waals surface area contributed by atoms with Crippen LogP contribution in [0.2, 0.25) is 0 Å². The Kier molecular flexibility index (Phi) is 8.87. The quantitative estimate of drug-likeness (QED) is 0.246. The molecule has 1 heterocycles. The van der Waals surface area contributed by atoms with Gasteiger partial charge in [-0.15, -0.1) is 0 Å². The average molecular weight is 593 g/mol. The van der Waals surface area contributed by atoms with Crippen LogP contribution in [0, 0.1) is 0 Å². The Hall–Kier alpha value is -3.09. The zero-order valence-electron chi connectivity index (χ0n) is 23.7. The summed E-state index contributed by atoms with van der Waals surface area (Å²) in [6, 6.07) is 22.4. The highest BCUT2D eigenvalue weighted by Crippen LogP contribution is 2.44. The third-order valence-electron chi connectivity index (χ3n) is 6.67. The van der Waals surface area contributed by atoms with Crippen LogP contribution in [0.1, 0.15) is 52.2 Å². The first-order valence-corrected chi connectivity index (χ1v) is 14.1. The van der Waals surface area contributed by atoms with Crippen LogP contribution in [-0.4, -0.2) is 37.6 Å². The predicted octanol–water partition coefficient (Wildman–Crippen LogP) is 8.69. The number of hydrogen-bond donors (Lipinski definition) is 0. The van der Waals surface area contributed by atoms with E-state index >= 15 is 0 Å². The van der Waals surface area contributed by atoms with Gasteiger partial charge in [-0.05, 0) is 88.4 Å². The van der Waals surface area contributed by atoms with E-state index in [1.165, 1.54) is 5.56 Å². The van der Waals surface area contributed by atoms with Crippen LogP contribution in [0.25, 0.3) is 16.7 Å². The van der Waals surface area contributed by atoms with Crippen molar-refractivity contribution in [2.45, 2.75) is 58.6 Å². The Morgan fingerprint density at radius 2 is 1.62 bits per heavy atom. The van der Waals surface area contributed by atoms with Crippen LogP contribution in [-0.2, 0) is 15.9 Å². The number of nitrogens with zero attached hydrogens (tertiary/aromatic N) is 1. The summed E-state index contributed by atoms with van der Waals surface area (Å²) in [4.78, 5) is 15.2. The van der Waals surface area contributed by atoms with Crippen molar-refractivity contribution in [3.8, 4) is 16.9 Å². The lowest BCUT2D eigenvalue weighted by Crippen LogP contribution is -2.50. The van der Waals surface area contributed by atoms with E-state index in [0.29, 0.717) is 13.2 Å². The van der Waals surface area contributed by atoms with Crippen LogP contribution in [0.3, 0.4) is 0 Å². The monoisotopic (exact) mass is 591 g/mol. The number of halogens is 1. The Morgan fingerprint density at radius 3 is 2.33 bits per heavy atom. The number of fused-ring (bicyclic) bond motifs is 1. The first-order valence-electron chi connectivity index (χ1n) is 13.3. The molecule has 0 N–H and O–H groups in total. The Labute approximate surface area is 240 Å². The summed E-state index contributed by atoms with van der Waals surface area (Å²) in [7, 11) is 1.68. The topological polar surface area (TPSA) is 48.0 Å². The minimum Gasteiger partial charge on any atom is -0.496 e. The van der Waals surface area contributed by atoms with Gasteiger partial charge in [0.05, 0.1) is 31.5 Å². The molecule has 6 heteroatoms. The van der Waals surface area contributed by atoms with Gasteiger partial charge in [0.25, 0.3) is 0 Å². The normalized spacial score (nSPS) is 14.4. The average Bonchev–Trinajstić information content (AvgIpc) is 2.87. The second kappa shape index (κ2) is 12.0. The fraction of sp³-hybridized carbons (Fsp3) is 0.364. The summed E-state index contributed by atoms with van der Waals surface area (Å²) in [5.41, 5.74) is 5.05. The van der Waals surface area contributed by atoms with E-state index in [0.717, 1.165) is 51.0 Å². The second-order valence-corrected chi connectivity index (χ2v) is 12.1. The summed E-state index contributed by atoms with van der Waals surface area (Å²) in [5, 5.41) is 0. The van der Waals surface area contributed by atoms with Gasteiger partial charge in [-0.3, -0.25) is 4.90 Å². The highest BCUT2D eigenvalue weighted by molar-refractivity contribution is 9.10. The zero-order valence-corrected chi connectivity index (χ0v) is 25.3. The van der Waals surface area contributed by atoms with Crippen molar-refractivity contribution in [2.24, 2.45) is 0 Å². The zero-order chi connectivity index (χ0) is 28.2. The molecule has 0 aliphatic carbocycles. The fourth-order valence-electron chi connectivity index (χ4n) is 4.93. The minimum absolute atomic E-state index is 0.362. The molecule has 206 valence electrons. The number of rotatable bonds is 8. The molecule has 1 aliphatic heterocycles. The maximum absolute atomic E-state index is 13.4. The number of ether oxygens (including phenoxy) is 3. The number of methoxy groups -OCH3 is 1. The summed E-state index contributed by atoms with van der Waals surface area (Å²) in [5.74, 6) is 0.804. The summed E-state index contributed by atoms with van der Waals surface area (Å²) < 4.78 is 18.6. The molecule has 39 heavy (non-hydrogen) atoms. The second-order valence-electron chi connectivity index (χ2n) is 11.3. The van der Waals surface area contributed by atoms with Crippen molar-refractivity contribution in [2.75, 3.05) is 25.2 Å². The lowest BCUT2D eigenvalue weighted by atomic mass is 9.85. The third kappa shape index (κ3) is 6.92. The molecule has 5 nitrogen and oxygen atoms in total. The highest BCUT2D eigenvalue weighted by Gasteiger charge is 2.39. The fourth-order valence-corrected chi connectivity index (χ4v) is 5.42. The van der Waals surface area contributed by atoms with Crippen molar-refractivity contribution < 1.29 is 19.0 Å². The molecular weight excluding hydrogens is 554 g/mol. The van der Waals surface area contributed by atoms with Crippen molar-refractivity contribution >= 4 is 33.3 Å². The molecule has 0 bridgehead atoms. The number of hydrogen-bond acceptors (Lipinski definition) is 4. The van der Waals surface area contributed by atoms with E-state index in [9.17, 15) is 4.79 Å². The SMILES string of the molecule is COc1ccccc1-c1ccc2c(c1)C(CCOCCc1ccccc1Br)=CC(C)(C)N2C(=O)OC(C)(C)C. The molecule has 0 unspecified atom stereocenters. The van der Waals surface area contributed by atoms with Gasteiger partial charge in [-0.1, -0.05) is 64.5 Å². The van der Waals surface area contributed by atoms with Crippen LogP contribution in [0.5, 0.6) is 5.75 Å². The maximum Gasteiger partial charge on any atom is 0.415 e. The first kappa shape index (κ1) is 28.9. The Balaban J connectivity index is 1.63. The molecule has 0 aromatic heterocycles. The van der Waals surface area contributed by atoms with E-state index in [-0.39, 0.29) is 6.09 Å². The number of amides is 1. The molecule has 0 fully saturated rings. The maximum atomic E-state index is 13.4.